The molecule has 0 spiro atoms. The van der Waals surface area contributed by atoms with Crippen molar-refractivity contribution >= 4 is 43.1 Å². The second kappa shape index (κ2) is 8.87. The molecule has 0 fully saturated rings. The van der Waals surface area contributed by atoms with Crippen molar-refractivity contribution in [2.24, 2.45) is 0 Å². The summed E-state index contributed by atoms with van der Waals surface area (Å²) in [6.07, 6.45) is 1.26. The van der Waals surface area contributed by atoms with Crippen LogP contribution in [0.5, 0.6) is 0 Å². The highest BCUT2D eigenvalue weighted by Crippen LogP contribution is 2.35. The van der Waals surface area contributed by atoms with Gasteiger partial charge in [-0.05, 0) is 57.1 Å². The first-order valence-electron chi connectivity index (χ1n) is 10.7. The molecule has 0 saturated carbocycles. The lowest BCUT2D eigenvalue weighted by atomic mass is 9.99. The minimum atomic E-state index is -1.19. The summed E-state index contributed by atoms with van der Waals surface area (Å²) in [6.45, 7) is 2.26. The van der Waals surface area contributed by atoms with E-state index in [-0.39, 0.29) is 0 Å². The van der Waals surface area contributed by atoms with Crippen LogP contribution in [0.4, 0.5) is 0 Å². The summed E-state index contributed by atoms with van der Waals surface area (Å²) in [6, 6.07) is 26.2. The van der Waals surface area contributed by atoms with Crippen LogP contribution in [0.1, 0.15) is 29.2 Å². The van der Waals surface area contributed by atoms with Crippen molar-refractivity contribution in [2.45, 2.75) is 37.1 Å². The number of rotatable bonds is 0. The van der Waals surface area contributed by atoms with Gasteiger partial charge in [-0.2, -0.15) is 0 Å². The maximum absolute atomic E-state index is 10.9. The van der Waals surface area contributed by atoms with E-state index >= 15 is 0 Å². The number of hydrogen-bond donors (Lipinski definition) is 1. The molecule has 0 saturated heterocycles. The fourth-order valence-electron chi connectivity index (χ4n) is 4.39. The molecule has 31 heavy (non-hydrogen) atoms. The van der Waals surface area contributed by atoms with Crippen molar-refractivity contribution in [1.29, 1.82) is 0 Å². The summed E-state index contributed by atoms with van der Waals surface area (Å²) < 4.78 is 5.94. The topological polar surface area (TPSA) is 29.5 Å². The first kappa shape index (κ1) is 20.9. The van der Waals surface area contributed by atoms with E-state index < -0.39 is 5.79 Å². The normalized spacial score (nSPS) is 20.3. The number of fused-ring (bicyclic) bond motifs is 9. The van der Waals surface area contributed by atoms with E-state index in [1.165, 1.54) is 38.2 Å². The summed E-state index contributed by atoms with van der Waals surface area (Å²) in [5.41, 5.74) is 5.07. The number of benzene rings is 4. The average molecular weight is 447 g/mol. The quantitative estimate of drug-likeness (QED) is 0.298. The largest absolute Gasteiger partial charge is 0.365 e. The van der Waals surface area contributed by atoms with E-state index in [4.69, 9.17) is 4.74 Å². The lowest BCUT2D eigenvalue weighted by Crippen LogP contribution is -2.31. The minimum Gasteiger partial charge on any atom is -0.365 e. The molecule has 0 radical (unpaired) electrons. The third-order valence-electron chi connectivity index (χ3n) is 5.89. The van der Waals surface area contributed by atoms with Crippen molar-refractivity contribution in [3.8, 4) is 0 Å². The summed E-state index contributed by atoms with van der Waals surface area (Å²) in [5.74, 6) is 0.747. The zero-order chi connectivity index (χ0) is 21.3. The fourth-order valence-corrected chi connectivity index (χ4v) is 6.56. The summed E-state index contributed by atoms with van der Waals surface area (Å²) in [7, 11) is 3.84. The van der Waals surface area contributed by atoms with E-state index in [1.54, 1.807) is 6.92 Å². The second-order valence-electron chi connectivity index (χ2n) is 8.42. The highest BCUT2D eigenvalue weighted by Gasteiger charge is 2.22. The van der Waals surface area contributed by atoms with Crippen molar-refractivity contribution < 1.29 is 9.84 Å². The van der Waals surface area contributed by atoms with Crippen molar-refractivity contribution in [3.63, 3.8) is 0 Å². The van der Waals surface area contributed by atoms with Gasteiger partial charge in [-0.1, -0.05) is 94.4 Å². The van der Waals surface area contributed by atoms with Gasteiger partial charge in [-0.25, -0.2) is 0 Å². The van der Waals surface area contributed by atoms with Crippen LogP contribution < -0.4 is 0 Å². The Morgan fingerprint density at radius 3 is 2.35 bits per heavy atom. The Morgan fingerprint density at radius 2 is 1.48 bits per heavy atom. The van der Waals surface area contributed by atoms with Crippen LogP contribution in [0.15, 0.2) is 72.8 Å². The zero-order valence-corrected chi connectivity index (χ0v) is 19.3. The molecule has 4 heteroatoms. The number of hydrogen-bond acceptors (Lipinski definition) is 4. The molecule has 2 nitrogen and oxygen atoms in total. The molecule has 4 aromatic carbocycles. The first-order valence-corrected chi connectivity index (χ1v) is 13.2. The molecule has 4 aromatic rings. The monoisotopic (exact) mass is 446 g/mol. The van der Waals surface area contributed by atoms with Gasteiger partial charge < -0.3 is 9.84 Å². The smallest absolute Gasteiger partial charge is 0.166 e. The standard InChI is InChI=1S/C27H26O2S2/c1-27(28)16-20-9-10-26-22(15-20)6-4-7-23(26)17-30-31-18-24-14-19(11-12-29-27)13-21-5-2-3-8-25(21)24/h2-10,13-15,28H,11-12,16-18H2,1H3. The molecule has 2 heterocycles. The lowest BCUT2D eigenvalue weighted by molar-refractivity contribution is -0.187. The van der Waals surface area contributed by atoms with Gasteiger partial charge in [0.25, 0.3) is 0 Å². The Morgan fingerprint density at radius 1 is 0.774 bits per heavy atom. The van der Waals surface area contributed by atoms with Crippen LogP contribution in [0, 0.1) is 0 Å². The van der Waals surface area contributed by atoms with Crippen LogP contribution in [0.3, 0.4) is 0 Å². The molecular weight excluding hydrogens is 420 g/mol. The van der Waals surface area contributed by atoms with Gasteiger partial charge in [-0.15, -0.1) is 0 Å². The Balaban J connectivity index is 1.51. The van der Waals surface area contributed by atoms with Gasteiger partial charge >= 0.3 is 0 Å². The lowest BCUT2D eigenvalue weighted by Gasteiger charge is -2.24. The maximum atomic E-state index is 10.9. The highest BCUT2D eigenvalue weighted by molar-refractivity contribution is 8.76. The summed E-state index contributed by atoms with van der Waals surface area (Å²) in [4.78, 5) is 0. The predicted molar refractivity (Wildman–Crippen MR) is 134 cm³/mol. The molecule has 0 amide bonds. The molecule has 0 aliphatic carbocycles. The number of aliphatic hydroxyl groups is 1. The maximum Gasteiger partial charge on any atom is 0.166 e. The van der Waals surface area contributed by atoms with E-state index in [0.717, 1.165) is 23.5 Å². The van der Waals surface area contributed by atoms with Gasteiger partial charge in [0.05, 0.1) is 6.61 Å². The molecule has 6 rings (SSSR count). The second-order valence-corrected chi connectivity index (χ2v) is 10.9. The van der Waals surface area contributed by atoms with Crippen LogP contribution in [0.25, 0.3) is 21.5 Å². The van der Waals surface area contributed by atoms with E-state index in [2.05, 4.69) is 72.8 Å². The molecule has 1 N–H and O–H groups in total. The van der Waals surface area contributed by atoms with Crippen LogP contribution in [0.2, 0.25) is 0 Å². The SMILES string of the molecule is CC1(O)Cc2ccc3c(cccc3c2)CSSCc2cc(cc3ccccc23)CCO1. The first-order chi connectivity index (χ1) is 15.1. The Labute approximate surface area is 191 Å². The zero-order valence-electron chi connectivity index (χ0n) is 17.6. The van der Waals surface area contributed by atoms with E-state index in [0.29, 0.717) is 13.0 Å². The van der Waals surface area contributed by atoms with Crippen LogP contribution in [-0.4, -0.2) is 17.5 Å². The Bertz CT molecular complexity index is 1230. The Hall–Kier alpha value is -1.98. The van der Waals surface area contributed by atoms with Gasteiger partial charge in [0.1, 0.15) is 0 Å². The van der Waals surface area contributed by atoms with Crippen LogP contribution in [-0.2, 0) is 29.1 Å². The molecule has 2 aliphatic rings. The molecular formula is C27H26O2S2. The third-order valence-corrected chi connectivity index (χ3v) is 8.12. The summed E-state index contributed by atoms with van der Waals surface area (Å²) in [5, 5.41) is 16.0. The van der Waals surface area contributed by atoms with Gasteiger partial charge in [0.15, 0.2) is 5.79 Å². The van der Waals surface area contributed by atoms with Crippen molar-refractivity contribution in [2.75, 3.05) is 6.61 Å². The molecule has 158 valence electrons. The van der Waals surface area contributed by atoms with E-state index in [1.807, 2.05) is 21.6 Å². The average Bonchev–Trinajstić information content (AvgIpc) is 2.75. The summed E-state index contributed by atoms with van der Waals surface area (Å²) >= 11 is 0. The number of ether oxygens (including phenoxy) is 1. The van der Waals surface area contributed by atoms with Crippen LogP contribution >= 0.6 is 21.6 Å². The Kier molecular flexibility index (Phi) is 5.98. The molecule has 1 unspecified atom stereocenters. The molecule has 6 bridgehead atoms. The highest BCUT2D eigenvalue weighted by atomic mass is 33.1. The van der Waals surface area contributed by atoms with Gasteiger partial charge in [0.2, 0.25) is 0 Å². The van der Waals surface area contributed by atoms with Crippen molar-refractivity contribution in [3.05, 3.63) is 95.1 Å². The molecule has 1 atom stereocenters. The minimum absolute atomic E-state index is 0.473. The molecule has 2 aliphatic heterocycles. The van der Waals surface area contributed by atoms with E-state index in [9.17, 15) is 5.11 Å². The van der Waals surface area contributed by atoms with Gasteiger partial charge in [-0.3, -0.25) is 0 Å². The van der Waals surface area contributed by atoms with Crippen molar-refractivity contribution in [1.82, 2.24) is 0 Å². The fraction of sp³-hybridized carbons (Fsp3) is 0.259. The third kappa shape index (κ3) is 4.78. The molecule has 0 aromatic heterocycles. The van der Waals surface area contributed by atoms with Gasteiger partial charge in [0, 0.05) is 17.9 Å². The predicted octanol–water partition coefficient (Wildman–Crippen LogP) is 6.90.